The van der Waals surface area contributed by atoms with E-state index in [1.54, 1.807) is 11.3 Å². The van der Waals surface area contributed by atoms with Crippen LogP contribution in [0.4, 0.5) is 34.1 Å². The van der Waals surface area contributed by atoms with Crippen LogP contribution in [-0.2, 0) is 16.2 Å². The summed E-state index contributed by atoms with van der Waals surface area (Å²) in [7, 11) is 19.6. The molecule has 9 heteroatoms. The zero-order valence-electron chi connectivity index (χ0n) is 32.9. The molecule has 0 fully saturated rings. The van der Waals surface area contributed by atoms with Crippen LogP contribution >= 0.6 is 22.9 Å². The maximum atomic E-state index is 11.0. The molecule has 0 bridgehead atoms. The van der Waals surface area contributed by atoms with Gasteiger partial charge in [-0.2, -0.15) is 0 Å². The number of phenols is 2. The van der Waals surface area contributed by atoms with E-state index in [0.717, 1.165) is 38.3 Å². The lowest BCUT2D eigenvalue weighted by Crippen LogP contribution is -2.37. The number of benzene rings is 5. The fraction of sp³-hybridized carbons (Fsp3) is 0.289. The number of aryl methyl sites for hydroxylation is 1. The second-order valence-electron chi connectivity index (χ2n) is 17.3. The van der Waals surface area contributed by atoms with Gasteiger partial charge in [-0.15, -0.1) is 11.3 Å². The maximum Gasteiger partial charge on any atom is 0.151 e. The smallest absolute Gasteiger partial charge is 0.151 e. The maximum absolute atomic E-state index is 11.0. The number of halogens is 1. The van der Waals surface area contributed by atoms with E-state index >= 15 is 0 Å². The molecule has 0 aliphatic rings. The van der Waals surface area contributed by atoms with Crippen molar-refractivity contribution in [3.05, 3.63) is 112 Å². The summed E-state index contributed by atoms with van der Waals surface area (Å²) in [6.07, 6.45) is 0. The van der Waals surface area contributed by atoms with Crippen LogP contribution in [-0.4, -0.2) is 33.8 Å². The first kappa shape index (κ1) is 39.4. The number of hydrogen-bond donors (Lipinski definition) is 2. The summed E-state index contributed by atoms with van der Waals surface area (Å²) >= 11 is 9.40. The number of aromatic hydroxyl groups is 2. The van der Waals surface area contributed by atoms with Crippen molar-refractivity contribution in [3.63, 3.8) is 0 Å². The number of phenolic OH excluding ortho intramolecular Hbond substituents is 2. The van der Waals surface area contributed by atoms with Crippen molar-refractivity contribution in [2.75, 3.05) is 9.80 Å². The molecule has 0 saturated carbocycles. The van der Waals surface area contributed by atoms with E-state index < -0.39 is 11.5 Å². The van der Waals surface area contributed by atoms with E-state index in [2.05, 4.69) is 133 Å². The summed E-state index contributed by atoms with van der Waals surface area (Å²) in [4.78, 5) is 4.03. The van der Waals surface area contributed by atoms with Crippen molar-refractivity contribution in [1.29, 1.82) is 0 Å². The van der Waals surface area contributed by atoms with Gasteiger partial charge in [-0.05, 0) is 99.4 Å². The Morgan fingerprint density at radius 2 is 1.00 bits per heavy atom. The average Bonchev–Trinajstić information content (AvgIpc) is 3.52. The molecule has 1 heterocycles. The zero-order chi connectivity index (χ0) is 39.7. The summed E-state index contributed by atoms with van der Waals surface area (Å²) in [5, 5.41) is 25.4. The van der Waals surface area contributed by atoms with Crippen LogP contribution in [0.15, 0.2) is 84.2 Å². The van der Waals surface area contributed by atoms with Gasteiger partial charge in [0.05, 0.1) is 22.1 Å². The van der Waals surface area contributed by atoms with Gasteiger partial charge in [0.2, 0.25) is 0 Å². The highest BCUT2D eigenvalue weighted by Gasteiger charge is 2.29. The Morgan fingerprint density at radius 3 is 1.50 bits per heavy atom. The molecule has 2 N–H and O–H groups in total. The molecular formula is C45H46B3ClN2O2S. The zero-order valence-corrected chi connectivity index (χ0v) is 34.5. The fourth-order valence-corrected chi connectivity index (χ4v) is 7.92. The molecule has 0 unspecified atom stereocenters. The Labute approximate surface area is 334 Å². The van der Waals surface area contributed by atoms with Crippen molar-refractivity contribution in [3.8, 4) is 11.5 Å². The molecule has 0 spiro atoms. The fourth-order valence-electron chi connectivity index (χ4n) is 6.74. The van der Waals surface area contributed by atoms with E-state index in [-0.39, 0.29) is 38.3 Å². The number of fused-ring (bicyclic) bond motifs is 1. The second kappa shape index (κ2) is 14.1. The largest absolute Gasteiger partial charge is 0.505 e. The first-order valence-corrected chi connectivity index (χ1v) is 19.4. The molecule has 6 radical (unpaired) electrons. The highest BCUT2D eigenvalue weighted by Crippen LogP contribution is 2.50. The van der Waals surface area contributed by atoms with Crippen LogP contribution in [0.2, 0.25) is 5.02 Å². The lowest BCUT2D eigenvalue weighted by atomic mass is 9.73. The third-order valence-corrected chi connectivity index (χ3v) is 11.4. The number of nitrogens with zero attached hydrogens (tertiary/aromatic N) is 2. The Morgan fingerprint density at radius 1 is 0.556 bits per heavy atom. The third-order valence-electron chi connectivity index (χ3n) is 10.1. The Hall–Kier alpha value is -4.26. The highest BCUT2D eigenvalue weighted by molar-refractivity contribution is 7.17. The molecule has 54 heavy (non-hydrogen) atoms. The molecule has 270 valence electrons. The second-order valence-corrected chi connectivity index (χ2v) is 18.5. The van der Waals surface area contributed by atoms with Gasteiger partial charge in [0.25, 0.3) is 0 Å². The topological polar surface area (TPSA) is 46.9 Å². The van der Waals surface area contributed by atoms with Crippen LogP contribution in [0.25, 0.3) is 10.1 Å². The van der Waals surface area contributed by atoms with Gasteiger partial charge in [0, 0.05) is 32.5 Å². The molecular weight excluding hydrogens is 700 g/mol. The summed E-state index contributed by atoms with van der Waals surface area (Å²) in [6.45, 7) is 21.8. The number of thiophene rings is 1. The van der Waals surface area contributed by atoms with Gasteiger partial charge in [0.1, 0.15) is 29.3 Å². The molecule has 6 aromatic rings. The van der Waals surface area contributed by atoms with Crippen LogP contribution in [0.1, 0.15) is 84.6 Å². The van der Waals surface area contributed by atoms with Gasteiger partial charge >= 0.3 is 0 Å². The minimum Gasteiger partial charge on any atom is -0.505 e. The molecule has 0 aliphatic heterocycles. The first-order valence-electron chi connectivity index (χ1n) is 18.1. The number of rotatable bonds is 6. The Balaban J connectivity index is 1.68. The van der Waals surface area contributed by atoms with Crippen LogP contribution in [0, 0.1) is 6.92 Å². The van der Waals surface area contributed by atoms with Gasteiger partial charge in [-0.3, -0.25) is 0 Å². The molecule has 0 aliphatic carbocycles. The molecule has 4 nitrogen and oxygen atoms in total. The van der Waals surface area contributed by atoms with Crippen LogP contribution in [0.3, 0.4) is 0 Å². The monoisotopic (exact) mass is 746 g/mol. The lowest BCUT2D eigenvalue weighted by molar-refractivity contribution is 0.410. The van der Waals surface area contributed by atoms with Crippen molar-refractivity contribution < 1.29 is 10.2 Å². The van der Waals surface area contributed by atoms with Gasteiger partial charge in [0.15, 0.2) is 5.75 Å². The summed E-state index contributed by atoms with van der Waals surface area (Å²) in [5.74, 6) is -1.13. The first-order chi connectivity index (χ1) is 25.1. The van der Waals surface area contributed by atoms with Gasteiger partial charge < -0.3 is 20.0 Å². The van der Waals surface area contributed by atoms with E-state index in [4.69, 9.17) is 35.1 Å². The van der Waals surface area contributed by atoms with Crippen LogP contribution in [0.5, 0.6) is 11.5 Å². The van der Waals surface area contributed by atoms with E-state index in [9.17, 15) is 10.2 Å². The van der Waals surface area contributed by atoms with E-state index in [1.807, 2.05) is 30.0 Å². The summed E-state index contributed by atoms with van der Waals surface area (Å²) in [5.41, 5.74) is 8.11. The van der Waals surface area contributed by atoms with Crippen molar-refractivity contribution >= 4 is 107 Å². The van der Waals surface area contributed by atoms with Crippen molar-refractivity contribution in [2.45, 2.75) is 85.5 Å². The van der Waals surface area contributed by atoms with E-state index in [1.165, 1.54) is 11.1 Å². The molecule has 1 aromatic heterocycles. The van der Waals surface area contributed by atoms with Gasteiger partial charge in [-0.25, -0.2) is 0 Å². The van der Waals surface area contributed by atoms with Gasteiger partial charge in [-0.1, -0.05) is 115 Å². The third kappa shape index (κ3) is 7.28. The normalized spacial score (nSPS) is 12.4. The average molecular weight is 747 g/mol. The molecule has 0 amide bonds. The lowest BCUT2D eigenvalue weighted by Gasteiger charge is -2.34. The molecule has 5 aromatic carbocycles. The number of anilines is 6. The number of hydrogen-bond acceptors (Lipinski definition) is 5. The Bertz CT molecular complexity index is 2340. The predicted octanol–water partition coefficient (Wildman–Crippen LogP) is 10.5. The summed E-state index contributed by atoms with van der Waals surface area (Å²) < 4.78 is 1.16. The standard InChI is InChI=1S/C45H46B3ClN2O2S/c1-25-21-32(50(29-16-11-26(12-17-29)43(2,3)4)34-24-54-35-20-15-28(23-31(34)35)45(8,9)10)39(49)33(22-25)51(30-18-13-27(14-19-30)44(5,6)7)40-36(46)37(47)41(52)42(53)38(40)48/h11-24,52-53H,1-10H3. The van der Waals surface area contributed by atoms with Crippen molar-refractivity contribution in [1.82, 2.24) is 0 Å². The van der Waals surface area contributed by atoms with Crippen molar-refractivity contribution in [2.24, 2.45) is 0 Å². The SMILES string of the molecule is [B]c1c([B])c(N(c2ccc(C(C)(C)C)cc2)c2cc(C)cc(N(c3ccc(C(C)(C)C)cc3)c3csc4ccc(C(C)(C)C)cc34)c2Cl)c([B])c(O)c1O. The minimum absolute atomic E-state index is 0.00924. The highest BCUT2D eigenvalue weighted by atomic mass is 35.5. The Kier molecular flexibility index (Phi) is 10.3. The molecule has 0 saturated heterocycles. The summed E-state index contributed by atoms with van der Waals surface area (Å²) in [6, 6.07) is 27.4. The van der Waals surface area contributed by atoms with E-state index in [0.29, 0.717) is 16.4 Å². The molecule has 6 rings (SSSR count). The molecule has 0 atom stereocenters. The minimum atomic E-state index is -0.573. The quantitative estimate of drug-likeness (QED) is 0.132. The van der Waals surface area contributed by atoms with Crippen LogP contribution < -0.4 is 26.2 Å². The predicted molar refractivity (Wildman–Crippen MR) is 237 cm³/mol.